The van der Waals surface area contributed by atoms with Gasteiger partial charge in [0.25, 0.3) is 0 Å². The zero-order valence-corrected chi connectivity index (χ0v) is 80.5. The summed E-state index contributed by atoms with van der Waals surface area (Å²) in [7, 11) is 18.8. The van der Waals surface area contributed by atoms with Crippen LogP contribution in [-0.4, -0.2) is 129 Å². The molecule has 0 aliphatic heterocycles. The zero-order chi connectivity index (χ0) is 92.5. The highest BCUT2D eigenvalue weighted by Gasteiger charge is 2.18. The SMILES string of the molecule is COc1cc(O)cc(OC)c1.COc1cc(OC)cc(Oc2ccc(Br)cc2C(=O)O)c1.COc1cc(OC)cc(Oc2ccc(Br)cc2CC#N)c1.COc1cc(OC)cc(Oc2ccc(Br)cc2CC(=O)O)c1.COc1cc(OC)cc(Oc2ccc(Br)cc2CCl)c1.COc1cc(OC)cc(Oc2ccc(Br)cc2CO)c1.O=C(O)c1cc(Br)ccc1Cl. The van der Waals surface area contributed by atoms with Gasteiger partial charge in [0.15, 0.2) is 0 Å². The van der Waals surface area contributed by atoms with E-state index in [-0.39, 0.29) is 47.1 Å². The molecule has 0 saturated carbocycles. The van der Waals surface area contributed by atoms with E-state index < -0.39 is 17.9 Å². The molecule has 0 atom stereocenters. The molecule has 0 bridgehead atoms. The summed E-state index contributed by atoms with van der Waals surface area (Å²) in [6.45, 7) is -0.101. The number of aromatic carboxylic acids is 2. The number of aromatic hydroxyl groups is 1. The number of hydrogen-bond acceptors (Lipinski definition) is 23. The predicted octanol–water partition coefficient (Wildman–Crippen LogP) is 25.1. The van der Waals surface area contributed by atoms with Crippen LogP contribution < -0.4 is 80.5 Å². The lowest BCUT2D eigenvalue weighted by molar-refractivity contribution is -0.136. The van der Waals surface area contributed by atoms with E-state index in [0.717, 1.165) is 29.0 Å². The molecule has 0 amide bonds. The van der Waals surface area contributed by atoms with Crippen molar-refractivity contribution >= 4 is 137 Å². The number of aliphatic carboxylic acids is 1. The quantitative estimate of drug-likeness (QED) is 0.0272. The Morgan fingerprint density at radius 2 is 0.540 bits per heavy atom. The van der Waals surface area contributed by atoms with Crippen LogP contribution in [0.3, 0.4) is 0 Å². The Morgan fingerprint density at radius 1 is 0.310 bits per heavy atom. The van der Waals surface area contributed by atoms with Crippen LogP contribution >= 0.6 is 119 Å². The number of aliphatic hydroxyl groups is 1. The van der Waals surface area contributed by atoms with Gasteiger partial charge in [-0.15, -0.1) is 11.6 Å². The molecular weight excluding hydrogens is 2070 g/mol. The second kappa shape index (κ2) is 53.6. The first-order valence-corrected chi connectivity index (χ1v) is 42.1. The average Bonchev–Trinajstić information content (AvgIpc) is 0.837. The smallest absolute Gasteiger partial charge is 0.339 e. The second-order valence-electron chi connectivity index (χ2n) is 24.9. The van der Waals surface area contributed by atoms with Crippen LogP contribution in [0, 0.1) is 11.3 Å². The Kier molecular flexibility index (Phi) is 43.9. The maximum Gasteiger partial charge on any atom is 0.339 e. The number of hydrogen-bond donors (Lipinski definition) is 5. The van der Waals surface area contributed by atoms with E-state index >= 15 is 0 Å². The molecule has 0 heterocycles. The van der Waals surface area contributed by atoms with E-state index in [1.165, 1.54) is 58.8 Å². The maximum absolute atomic E-state index is 11.3. The van der Waals surface area contributed by atoms with Gasteiger partial charge in [0.1, 0.15) is 138 Å². The van der Waals surface area contributed by atoms with E-state index in [9.17, 15) is 24.6 Å². The van der Waals surface area contributed by atoms with Gasteiger partial charge < -0.3 is 106 Å². The van der Waals surface area contributed by atoms with E-state index in [4.69, 9.17) is 124 Å². The molecule has 664 valence electrons. The van der Waals surface area contributed by atoms with Crippen LogP contribution in [0.1, 0.15) is 43.0 Å². The number of nitrogens with zero attached hydrogens (tertiary/aromatic N) is 1. The molecule has 5 N–H and O–H groups in total. The molecule has 0 aromatic heterocycles. The molecule has 0 aliphatic rings. The van der Waals surface area contributed by atoms with Crippen molar-refractivity contribution in [2.24, 2.45) is 0 Å². The van der Waals surface area contributed by atoms with Crippen molar-refractivity contribution in [3.05, 3.63) is 284 Å². The van der Waals surface area contributed by atoms with Crippen LogP contribution in [0.4, 0.5) is 0 Å². The molecule has 0 saturated heterocycles. The van der Waals surface area contributed by atoms with Crippen molar-refractivity contribution < 1.29 is 120 Å². The number of carbonyl (C=O) groups is 3. The van der Waals surface area contributed by atoms with Crippen LogP contribution in [-0.2, 0) is 30.1 Å². The minimum atomic E-state index is -1.07. The Hall–Kier alpha value is -11.6. The number of carboxylic acid groups (broad SMARTS) is 3. The molecule has 126 heavy (non-hydrogen) atoms. The minimum absolute atomic E-state index is 0.0613. The molecule has 0 radical (unpaired) electrons. The maximum atomic E-state index is 11.3. The highest BCUT2D eigenvalue weighted by molar-refractivity contribution is 9.11. The number of nitriles is 1. The van der Waals surface area contributed by atoms with Crippen LogP contribution in [0.25, 0.3) is 0 Å². The number of phenolic OH excluding ortho intramolecular Hbond substituents is 1. The molecule has 0 aliphatic carbocycles. The number of carboxylic acids is 3. The Bertz CT molecular complexity index is 5430. The Balaban J connectivity index is 0.000000230. The number of aliphatic hydroxyl groups excluding tert-OH is 1. The van der Waals surface area contributed by atoms with Gasteiger partial charge in [-0.05, 0) is 109 Å². The van der Waals surface area contributed by atoms with Crippen molar-refractivity contribution in [3.63, 3.8) is 0 Å². The van der Waals surface area contributed by atoms with Crippen molar-refractivity contribution in [3.8, 4) is 138 Å². The average molecular weight is 2160 g/mol. The second-order valence-corrected chi connectivity index (χ2v) is 31.1. The summed E-state index contributed by atoms with van der Waals surface area (Å²) in [6.07, 6.45) is 0.145. The van der Waals surface area contributed by atoms with Crippen molar-refractivity contribution in [1.29, 1.82) is 5.26 Å². The fourth-order valence-electron chi connectivity index (χ4n) is 10.4. The van der Waals surface area contributed by atoms with Crippen LogP contribution in [0.15, 0.2) is 245 Å². The molecular formula is C92H85Br6Cl2NO25. The van der Waals surface area contributed by atoms with Crippen LogP contribution in [0.2, 0.25) is 5.02 Å². The van der Waals surface area contributed by atoms with E-state index in [1.807, 2.05) is 48.5 Å². The van der Waals surface area contributed by atoms with Crippen molar-refractivity contribution in [2.75, 3.05) is 85.3 Å². The van der Waals surface area contributed by atoms with Gasteiger partial charge in [0.05, 0.1) is 127 Å². The Morgan fingerprint density at radius 3 is 0.817 bits per heavy atom. The van der Waals surface area contributed by atoms with Gasteiger partial charge in [-0.1, -0.05) is 107 Å². The van der Waals surface area contributed by atoms with E-state index in [0.29, 0.717) is 147 Å². The minimum Gasteiger partial charge on any atom is -0.508 e. The lowest BCUT2D eigenvalue weighted by Gasteiger charge is -2.13. The molecule has 0 spiro atoms. The number of methoxy groups -OCH3 is 12. The number of ether oxygens (including phenoxy) is 17. The fourth-order valence-corrected chi connectivity index (χ4v) is 13.2. The zero-order valence-electron chi connectivity index (χ0n) is 69.5. The van der Waals surface area contributed by atoms with Gasteiger partial charge in [-0.2, -0.15) is 5.26 Å². The third-order valence-electron chi connectivity index (χ3n) is 16.4. The van der Waals surface area contributed by atoms with Crippen molar-refractivity contribution in [2.45, 2.75) is 25.3 Å². The highest BCUT2D eigenvalue weighted by Crippen LogP contribution is 2.41. The van der Waals surface area contributed by atoms with E-state index in [1.54, 1.807) is 196 Å². The Labute approximate surface area is 788 Å². The summed E-state index contributed by atoms with van der Waals surface area (Å²) < 4.78 is 95.6. The van der Waals surface area contributed by atoms with Crippen LogP contribution in [0.5, 0.6) is 132 Å². The van der Waals surface area contributed by atoms with Gasteiger partial charge in [-0.25, -0.2) is 9.59 Å². The lowest BCUT2D eigenvalue weighted by atomic mass is 10.1. The molecule has 0 fully saturated rings. The summed E-state index contributed by atoms with van der Waals surface area (Å²) in [5, 5.41) is 54.4. The number of benzene rings is 12. The third kappa shape index (κ3) is 34.4. The van der Waals surface area contributed by atoms with Gasteiger partial charge in [0, 0.05) is 158 Å². The van der Waals surface area contributed by atoms with Gasteiger partial charge in [0.2, 0.25) is 0 Å². The molecule has 34 heteroatoms. The normalized spacial score (nSPS) is 9.97. The van der Waals surface area contributed by atoms with Gasteiger partial charge in [-0.3, -0.25) is 4.79 Å². The number of rotatable bonds is 29. The first kappa shape index (κ1) is 103. The molecule has 26 nitrogen and oxygen atoms in total. The topological polar surface area (TPSA) is 333 Å². The monoisotopic (exact) mass is 2150 g/mol. The molecule has 12 rings (SSSR count). The molecule has 12 aromatic carbocycles. The van der Waals surface area contributed by atoms with Gasteiger partial charge >= 0.3 is 17.9 Å². The summed E-state index contributed by atoms with van der Waals surface area (Å²) in [4.78, 5) is 32.7. The fraction of sp³-hybridized carbons (Fsp3) is 0.174. The number of alkyl halides is 1. The third-order valence-corrected chi connectivity index (χ3v) is 20.0. The summed E-state index contributed by atoms with van der Waals surface area (Å²) in [5.74, 6) is 10.2. The van der Waals surface area contributed by atoms with Crippen molar-refractivity contribution in [1.82, 2.24) is 0 Å². The summed E-state index contributed by atoms with van der Waals surface area (Å²) in [6, 6.07) is 64.4. The lowest BCUT2D eigenvalue weighted by Crippen LogP contribution is -2.02. The largest absolute Gasteiger partial charge is 0.508 e. The first-order chi connectivity index (χ1) is 60.4. The predicted molar refractivity (Wildman–Crippen MR) is 499 cm³/mol. The number of halogens is 8. The summed E-state index contributed by atoms with van der Waals surface area (Å²) in [5.41, 5.74) is 3.16. The standard InChI is InChI=1S/C16H14BrNO3.C16H15BrO5.C15H14BrClO3.C15H13BrO5.C15H15BrO4.C8H10O3.C7H4BrClO2/c1-19-13-8-14(20-2)10-15(9-13)21-16-4-3-12(17)7-11(16)5-6-18;1-20-12-7-13(21-2)9-14(8-12)22-15-4-3-11(17)5-10(15)6-16(18)19;1-18-12-6-13(19-2)8-14(7-12)20-15-4-3-11(16)5-10(15)9-17;1-19-10-6-11(20-2)8-12(7-10)21-14-4-3-9(16)5-13(14)15(17)18;1-18-12-6-13(19-2)8-14(7-12)20-15-4-3-11(16)5-10(15)9-17;1-10-7-3-6(9)4-8(5-7)11-2;8-4-1-2-6(9)5(3-4)7(10)11/h3-4,7-10H,5H2,1-2H3;3-5,7-9H,6H2,1-2H3,(H,18,19);3-8H,9H2,1-2H3;3-8H,1-2H3,(H,17,18);3-8,17H,9H2,1-2H3;3-5,9H,1-2H3;1-3H,(H,10,11). The summed E-state index contributed by atoms with van der Waals surface area (Å²) >= 11 is 31.4. The number of phenols is 1. The molecule has 12 aromatic rings. The molecule has 0 unspecified atom stereocenters. The van der Waals surface area contributed by atoms with E-state index in [2.05, 4.69) is 102 Å². The highest BCUT2D eigenvalue weighted by atomic mass is 79.9. The first-order valence-electron chi connectivity index (χ1n) is 36.5.